The molecule has 138 valence electrons. The van der Waals surface area contributed by atoms with Gasteiger partial charge < -0.3 is 14.1 Å². The van der Waals surface area contributed by atoms with E-state index in [0.29, 0.717) is 31.4 Å². The molecule has 2 saturated heterocycles. The summed E-state index contributed by atoms with van der Waals surface area (Å²) in [6, 6.07) is 2.11. The molecule has 0 N–H and O–H groups in total. The van der Waals surface area contributed by atoms with Crippen molar-refractivity contribution in [3.63, 3.8) is 0 Å². The van der Waals surface area contributed by atoms with Gasteiger partial charge in [-0.3, -0.25) is 9.69 Å². The van der Waals surface area contributed by atoms with Gasteiger partial charge in [-0.25, -0.2) is 4.79 Å². The molecule has 0 spiro atoms. The summed E-state index contributed by atoms with van der Waals surface area (Å²) in [5.41, 5.74) is 0.995. The fraction of sp³-hybridized carbons (Fsp3) is 0.684. The molecule has 3 rings (SSSR count). The lowest BCUT2D eigenvalue weighted by Gasteiger charge is -2.38. The molecule has 0 bridgehead atoms. The van der Waals surface area contributed by atoms with Crippen molar-refractivity contribution in [2.75, 3.05) is 19.7 Å². The Kier molecular flexibility index (Phi) is 5.06. The maximum absolute atomic E-state index is 12.6. The number of furan rings is 1. The minimum absolute atomic E-state index is 0.0582. The zero-order valence-electron chi connectivity index (χ0n) is 15.6. The molecule has 3 heterocycles. The van der Waals surface area contributed by atoms with Gasteiger partial charge in [0.05, 0.1) is 6.04 Å². The van der Waals surface area contributed by atoms with Gasteiger partial charge in [0.1, 0.15) is 12.4 Å². The SMILES string of the molecule is CC[C@H](C)[C@@H]1COC(=O)N1C1CCN(C(=O)c2cc(C)c(C)o2)CC1. The summed E-state index contributed by atoms with van der Waals surface area (Å²) in [4.78, 5) is 28.5. The number of carbonyl (C=O) groups is 2. The minimum atomic E-state index is -0.202. The number of cyclic esters (lactones) is 1. The van der Waals surface area contributed by atoms with Crippen molar-refractivity contribution in [1.82, 2.24) is 9.80 Å². The Bertz CT molecular complexity index is 626. The lowest BCUT2D eigenvalue weighted by Crippen LogP contribution is -2.51. The Morgan fingerprint density at radius 1 is 1.32 bits per heavy atom. The molecule has 2 aliphatic rings. The van der Waals surface area contributed by atoms with Crippen LogP contribution in [0, 0.1) is 19.8 Å². The highest BCUT2D eigenvalue weighted by atomic mass is 16.6. The van der Waals surface area contributed by atoms with Crippen LogP contribution in [0.3, 0.4) is 0 Å². The van der Waals surface area contributed by atoms with Crippen LogP contribution < -0.4 is 0 Å². The molecule has 25 heavy (non-hydrogen) atoms. The number of hydrogen-bond acceptors (Lipinski definition) is 4. The van der Waals surface area contributed by atoms with Gasteiger partial charge in [0, 0.05) is 19.1 Å². The monoisotopic (exact) mass is 348 g/mol. The van der Waals surface area contributed by atoms with E-state index in [1.807, 2.05) is 23.6 Å². The van der Waals surface area contributed by atoms with E-state index >= 15 is 0 Å². The van der Waals surface area contributed by atoms with Crippen LogP contribution in [0.4, 0.5) is 4.79 Å². The lowest BCUT2D eigenvalue weighted by molar-refractivity contribution is 0.0585. The van der Waals surface area contributed by atoms with E-state index in [0.717, 1.165) is 30.6 Å². The molecule has 0 saturated carbocycles. The van der Waals surface area contributed by atoms with Crippen molar-refractivity contribution < 1.29 is 18.7 Å². The van der Waals surface area contributed by atoms with E-state index in [1.54, 1.807) is 6.07 Å². The maximum Gasteiger partial charge on any atom is 0.410 e. The van der Waals surface area contributed by atoms with Crippen LogP contribution >= 0.6 is 0 Å². The predicted molar refractivity (Wildman–Crippen MR) is 93.5 cm³/mol. The van der Waals surface area contributed by atoms with Crippen LogP contribution in [0.25, 0.3) is 0 Å². The number of amides is 2. The highest BCUT2D eigenvalue weighted by Gasteiger charge is 2.41. The number of hydrogen-bond donors (Lipinski definition) is 0. The van der Waals surface area contributed by atoms with Crippen molar-refractivity contribution in [1.29, 1.82) is 0 Å². The minimum Gasteiger partial charge on any atom is -0.456 e. The third-order valence-corrected chi connectivity index (χ3v) is 5.77. The summed E-state index contributed by atoms with van der Waals surface area (Å²) in [6.45, 7) is 9.87. The van der Waals surface area contributed by atoms with E-state index in [2.05, 4.69) is 13.8 Å². The fourth-order valence-electron chi connectivity index (χ4n) is 3.76. The molecule has 2 atom stereocenters. The molecule has 6 nitrogen and oxygen atoms in total. The van der Waals surface area contributed by atoms with Crippen LogP contribution in [0.2, 0.25) is 0 Å². The molecule has 2 aliphatic heterocycles. The first-order chi connectivity index (χ1) is 11.9. The van der Waals surface area contributed by atoms with Gasteiger partial charge in [-0.15, -0.1) is 0 Å². The first-order valence-electron chi connectivity index (χ1n) is 9.23. The average Bonchev–Trinajstić information content (AvgIpc) is 3.16. The topological polar surface area (TPSA) is 63.0 Å². The third-order valence-electron chi connectivity index (χ3n) is 5.77. The molecular weight excluding hydrogens is 320 g/mol. The van der Waals surface area contributed by atoms with Crippen LogP contribution in [0.1, 0.15) is 55.0 Å². The lowest BCUT2D eigenvalue weighted by atomic mass is 9.95. The van der Waals surface area contributed by atoms with Gasteiger partial charge in [0.25, 0.3) is 5.91 Å². The van der Waals surface area contributed by atoms with Crippen LogP contribution in [-0.4, -0.2) is 53.6 Å². The van der Waals surface area contributed by atoms with Crippen LogP contribution in [0.15, 0.2) is 10.5 Å². The molecule has 6 heteroatoms. The normalized spacial score (nSPS) is 23.0. The van der Waals surface area contributed by atoms with E-state index in [9.17, 15) is 9.59 Å². The van der Waals surface area contributed by atoms with Gasteiger partial charge in [-0.2, -0.15) is 0 Å². The van der Waals surface area contributed by atoms with Gasteiger partial charge >= 0.3 is 6.09 Å². The Morgan fingerprint density at radius 2 is 2.00 bits per heavy atom. The van der Waals surface area contributed by atoms with Crippen molar-refractivity contribution in [3.8, 4) is 0 Å². The largest absolute Gasteiger partial charge is 0.456 e. The Balaban J connectivity index is 1.63. The molecule has 2 amide bonds. The van der Waals surface area contributed by atoms with Gasteiger partial charge in [0.15, 0.2) is 5.76 Å². The molecule has 1 aromatic rings. The third kappa shape index (κ3) is 3.39. The Morgan fingerprint density at radius 3 is 2.56 bits per heavy atom. The fourth-order valence-corrected chi connectivity index (χ4v) is 3.76. The summed E-state index contributed by atoms with van der Waals surface area (Å²) in [5.74, 6) is 1.55. The Hall–Kier alpha value is -1.98. The average molecular weight is 348 g/mol. The molecule has 0 unspecified atom stereocenters. The molecule has 1 aromatic heterocycles. The summed E-state index contributed by atoms with van der Waals surface area (Å²) in [6.07, 6.45) is 2.39. The summed E-state index contributed by atoms with van der Waals surface area (Å²) in [5, 5.41) is 0. The second-order valence-corrected chi connectivity index (χ2v) is 7.31. The van der Waals surface area contributed by atoms with Crippen LogP contribution in [0.5, 0.6) is 0 Å². The van der Waals surface area contributed by atoms with E-state index in [4.69, 9.17) is 9.15 Å². The van der Waals surface area contributed by atoms with Crippen molar-refractivity contribution in [2.45, 2.75) is 59.0 Å². The second kappa shape index (κ2) is 7.10. The predicted octanol–water partition coefficient (Wildman–Crippen LogP) is 3.37. The summed E-state index contributed by atoms with van der Waals surface area (Å²) in [7, 11) is 0. The van der Waals surface area contributed by atoms with Crippen molar-refractivity contribution in [2.24, 2.45) is 5.92 Å². The molecule has 2 fully saturated rings. The number of ether oxygens (including phenoxy) is 1. The quantitative estimate of drug-likeness (QED) is 0.837. The molecule has 0 radical (unpaired) electrons. The second-order valence-electron chi connectivity index (χ2n) is 7.31. The zero-order chi connectivity index (χ0) is 18.1. The first kappa shape index (κ1) is 17.8. The highest BCUT2D eigenvalue weighted by Crippen LogP contribution is 2.29. The molecule has 0 aromatic carbocycles. The molecule has 0 aliphatic carbocycles. The number of aryl methyl sites for hydroxylation is 2. The number of carbonyl (C=O) groups excluding carboxylic acids is 2. The Labute approximate surface area is 149 Å². The highest BCUT2D eigenvalue weighted by molar-refractivity contribution is 5.91. The summed E-state index contributed by atoms with van der Waals surface area (Å²) < 4.78 is 10.9. The van der Waals surface area contributed by atoms with Gasteiger partial charge in [-0.05, 0) is 44.2 Å². The summed E-state index contributed by atoms with van der Waals surface area (Å²) >= 11 is 0. The number of likely N-dealkylation sites (tertiary alicyclic amines) is 1. The standard InChI is InChI=1S/C19H28N2O4/c1-5-12(2)16-11-24-19(23)21(16)15-6-8-20(9-7-15)18(22)17-10-13(3)14(4)25-17/h10,12,15-16H,5-9,11H2,1-4H3/t12-,16-/m0/s1. The number of rotatable bonds is 4. The van der Waals surface area contributed by atoms with E-state index in [1.165, 1.54) is 0 Å². The van der Waals surface area contributed by atoms with Crippen molar-refractivity contribution in [3.05, 3.63) is 23.2 Å². The first-order valence-corrected chi connectivity index (χ1v) is 9.23. The van der Waals surface area contributed by atoms with Gasteiger partial charge in [-0.1, -0.05) is 20.3 Å². The number of piperidine rings is 1. The zero-order valence-corrected chi connectivity index (χ0v) is 15.6. The van der Waals surface area contributed by atoms with E-state index in [-0.39, 0.29) is 24.1 Å². The van der Waals surface area contributed by atoms with E-state index < -0.39 is 0 Å². The molecular formula is C19H28N2O4. The smallest absolute Gasteiger partial charge is 0.410 e. The maximum atomic E-state index is 12.6. The van der Waals surface area contributed by atoms with Gasteiger partial charge in [0.2, 0.25) is 0 Å². The van der Waals surface area contributed by atoms with Crippen molar-refractivity contribution >= 4 is 12.0 Å². The van der Waals surface area contributed by atoms with Crippen LogP contribution in [-0.2, 0) is 4.74 Å². The number of nitrogens with zero attached hydrogens (tertiary/aromatic N) is 2.